The molecule has 1 aliphatic rings. The Kier molecular flexibility index (Phi) is 9.21. The molecule has 0 aliphatic carbocycles. The van der Waals surface area contributed by atoms with Crippen LogP contribution in [0.25, 0.3) is 0 Å². The lowest BCUT2D eigenvalue weighted by atomic mass is 10.2. The van der Waals surface area contributed by atoms with Crippen LogP contribution in [0, 0.1) is 0 Å². The first-order chi connectivity index (χ1) is 8.99. The lowest BCUT2D eigenvalue weighted by Crippen LogP contribution is -2.47. The predicted molar refractivity (Wildman–Crippen MR) is 75.9 cm³/mol. The summed E-state index contributed by atoms with van der Waals surface area (Å²) in [6.45, 7) is 10.9. The lowest BCUT2D eigenvalue weighted by molar-refractivity contribution is -0.149. The number of nitrogens with zero attached hydrogens (tertiary/aromatic N) is 2. The van der Waals surface area contributed by atoms with Gasteiger partial charge in [-0.05, 0) is 20.9 Å². The third-order valence-electron chi connectivity index (χ3n) is 2.77. The summed E-state index contributed by atoms with van der Waals surface area (Å²) >= 11 is 0. The van der Waals surface area contributed by atoms with Gasteiger partial charge in [0.1, 0.15) is 0 Å². The third kappa shape index (κ3) is 7.82. The molecule has 0 spiro atoms. The maximum atomic E-state index is 11.8. The minimum Gasteiger partial charge on any atom is -0.463 e. The van der Waals surface area contributed by atoms with Gasteiger partial charge in [-0.15, -0.1) is 0 Å². The fraction of sp³-hybridized carbons (Fsp3) is 0.857. The monoisotopic (exact) mass is 272 g/mol. The minimum atomic E-state index is -0.289. The van der Waals surface area contributed by atoms with Gasteiger partial charge in [0.25, 0.3) is 0 Å². The Bertz CT molecular complexity index is 272. The maximum Gasteiger partial charge on any atom is 0.306 e. The zero-order valence-electron chi connectivity index (χ0n) is 12.9. The molecule has 5 nitrogen and oxygen atoms in total. The quantitative estimate of drug-likeness (QED) is 0.728. The first-order valence-corrected chi connectivity index (χ1v) is 7.15. The van der Waals surface area contributed by atoms with E-state index in [4.69, 9.17) is 4.74 Å². The molecule has 0 bridgehead atoms. The summed E-state index contributed by atoms with van der Waals surface area (Å²) in [6.07, 6.45) is 0.333. The fourth-order valence-corrected chi connectivity index (χ4v) is 1.74. The second kappa shape index (κ2) is 9.78. The van der Waals surface area contributed by atoms with Gasteiger partial charge in [-0.3, -0.25) is 9.59 Å². The number of likely N-dealkylation sites (N-methyl/N-ethyl adjacent to an activating group) is 1. The van der Waals surface area contributed by atoms with Gasteiger partial charge >= 0.3 is 5.97 Å². The molecule has 1 amide bonds. The van der Waals surface area contributed by atoms with Crippen molar-refractivity contribution < 1.29 is 14.3 Å². The number of amides is 1. The van der Waals surface area contributed by atoms with Crippen LogP contribution in [0.2, 0.25) is 0 Å². The molecule has 0 N–H and O–H groups in total. The van der Waals surface area contributed by atoms with Gasteiger partial charge in [-0.1, -0.05) is 13.8 Å². The molecule has 1 saturated heterocycles. The standard InChI is InChI=1S/C12H22N2O3.C2H6/c1-10(2)17-12(16)5-4-11(15)14-8-6-13(3)7-9-14;1-2/h10H,4-9H2,1-3H3;1-2H3. The van der Waals surface area contributed by atoms with Crippen molar-refractivity contribution in [1.82, 2.24) is 9.80 Å². The number of hydrogen-bond donors (Lipinski definition) is 0. The van der Waals surface area contributed by atoms with Crippen LogP contribution >= 0.6 is 0 Å². The molecular weight excluding hydrogens is 244 g/mol. The van der Waals surface area contributed by atoms with Crippen LogP contribution in [0.4, 0.5) is 0 Å². The van der Waals surface area contributed by atoms with Crippen LogP contribution in [-0.2, 0) is 14.3 Å². The molecule has 1 rings (SSSR count). The molecule has 0 unspecified atom stereocenters. The highest BCUT2D eigenvalue weighted by Gasteiger charge is 2.19. The second-order valence-corrected chi connectivity index (χ2v) is 4.72. The molecule has 0 aromatic heterocycles. The zero-order chi connectivity index (χ0) is 14.8. The number of esters is 1. The second-order valence-electron chi connectivity index (χ2n) is 4.72. The molecule has 0 aromatic carbocycles. The number of piperazine rings is 1. The largest absolute Gasteiger partial charge is 0.463 e. The fourth-order valence-electron chi connectivity index (χ4n) is 1.74. The van der Waals surface area contributed by atoms with Crippen LogP contribution in [0.15, 0.2) is 0 Å². The average Bonchev–Trinajstić information content (AvgIpc) is 2.38. The third-order valence-corrected chi connectivity index (χ3v) is 2.77. The lowest BCUT2D eigenvalue weighted by Gasteiger charge is -2.32. The van der Waals surface area contributed by atoms with Crippen LogP contribution < -0.4 is 0 Å². The highest BCUT2D eigenvalue weighted by Crippen LogP contribution is 2.05. The SMILES string of the molecule is CC.CC(C)OC(=O)CCC(=O)N1CCN(C)CC1. The van der Waals surface area contributed by atoms with E-state index >= 15 is 0 Å². The molecule has 0 atom stereocenters. The van der Waals surface area contributed by atoms with Crippen molar-refractivity contribution in [3.63, 3.8) is 0 Å². The predicted octanol–water partition coefficient (Wildman–Crippen LogP) is 1.52. The summed E-state index contributed by atoms with van der Waals surface area (Å²) in [6, 6.07) is 0. The molecule has 19 heavy (non-hydrogen) atoms. The molecule has 0 radical (unpaired) electrons. The van der Waals surface area contributed by atoms with Crippen LogP contribution in [0.5, 0.6) is 0 Å². The van der Waals surface area contributed by atoms with E-state index in [1.54, 1.807) is 13.8 Å². The van der Waals surface area contributed by atoms with Gasteiger partial charge in [0.05, 0.1) is 12.5 Å². The Labute approximate surface area is 116 Å². The summed E-state index contributed by atoms with van der Waals surface area (Å²) < 4.78 is 4.99. The Morgan fingerprint density at radius 3 is 2.05 bits per heavy atom. The first kappa shape index (κ1) is 17.9. The molecule has 1 fully saturated rings. The summed E-state index contributed by atoms with van der Waals surface area (Å²) in [5.41, 5.74) is 0. The number of hydrogen-bond acceptors (Lipinski definition) is 4. The number of carbonyl (C=O) groups is 2. The van der Waals surface area contributed by atoms with Crippen molar-refractivity contribution in [2.45, 2.75) is 46.6 Å². The van der Waals surface area contributed by atoms with Crippen molar-refractivity contribution in [2.24, 2.45) is 0 Å². The molecule has 5 heteroatoms. The van der Waals surface area contributed by atoms with Gasteiger partial charge in [0.2, 0.25) is 5.91 Å². The zero-order valence-corrected chi connectivity index (χ0v) is 12.9. The normalized spacial score (nSPS) is 15.8. The van der Waals surface area contributed by atoms with Gasteiger partial charge in [0, 0.05) is 32.6 Å². The van der Waals surface area contributed by atoms with Crippen molar-refractivity contribution in [2.75, 3.05) is 33.2 Å². The summed E-state index contributed by atoms with van der Waals surface area (Å²) in [5, 5.41) is 0. The van der Waals surface area contributed by atoms with Gasteiger partial charge in [-0.2, -0.15) is 0 Å². The summed E-state index contributed by atoms with van der Waals surface area (Å²) in [4.78, 5) is 27.1. The molecular formula is C14H28N2O3. The average molecular weight is 272 g/mol. The first-order valence-electron chi connectivity index (χ1n) is 7.15. The highest BCUT2D eigenvalue weighted by molar-refractivity contribution is 5.81. The van der Waals surface area contributed by atoms with Crippen molar-refractivity contribution in [1.29, 1.82) is 0 Å². The molecule has 0 aromatic rings. The van der Waals surface area contributed by atoms with E-state index in [-0.39, 0.29) is 30.8 Å². The Morgan fingerprint density at radius 2 is 1.58 bits per heavy atom. The van der Waals surface area contributed by atoms with E-state index in [0.29, 0.717) is 0 Å². The summed E-state index contributed by atoms with van der Waals surface area (Å²) in [5.74, 6) is -0.235. The van der Waals surface area contributed by atoms with Gasteiger partial charge < -0.3 is 14.5 Å². The Hall–Kier alpha value is -1.10. The number of rotatable bonds is 4. The van der Waals surface area contributed by atoms with Crippen LogP contribution in [-0.4, -0.2) is 61.0 Å². The van der Waals surface area contributed by atoms with Crippen LogP contribution in [0.1, 0.15) is 40.5 Å². The van der Waals surface area contributed by atoms with E-state index in [2.05, 4.69) is 4.90 Å². The van der Waals surface area contributed by atoms with Crippen LogP contribution in [0.3, 0.4) is 0 Å². The van der Waals surface area contributed by atoms with E-state index in [1.807, 2.05) is 25.8 Å². The maximum absolute atomic E-state index is 11.8. The van der Waals surface area contributed by atoms with Gasteiger partial charge in [0.15, 0.2) is 0 Å². The summed E-state index contributed by atoms with van der Waals surface area (Å²) in [7, 11) is 2.04. The number of carbonyl (C=O) groups excluding carboxylic acids is 2. The van der Waals surface area contributed by atoms with E-state index in [9.17, 15) is 9.59 Å². The van der Waals surface area contributed by atoms with Crippen molar-refractivity contribution in [3.8, 4) is 0 Å². The molecule has 1 heterocycles. The van der Waals surface area contributed by atoms with E-state index in [1.165, 1.54) is 0 Å². The van der Waals surface area contributed by atoms with Gasteiger partial charge in [-0.25, -0.2) is 0 Å². The smallest absolute Gasteiger partial charge is 0.306 e. The van der Waals surface area contributed by atoms with E-state index in [0.717, 1.165) is 26.2 Å². The molecule has 0 saturated carbocycles. The Balaban J connectivity index is 0.00000154. The van der Waals surface area contributed by atoms with Crippen molar-refractivity contribution >= 4 is 11.9 Å². The van der Waals surface area contributed by atoms with E-state index < -0.39 is 0 Å². The molecule has 1 aliphatic heterocycles. The number of ether oxygens (including phenoxy) is 1. The Morgan fingerprint density at radius 1 is 1.05 bits per heavy atom. The highest BCUT2D eigenvalue weighted by atomic mass is 16.5. The molecule has 112 valence electrons. The minimum absolute atomic E-state index is 0.0545. The van der Waals surface area contributed by atoms with Crippen molar-refractivity contribution in [3.05, 3.63) is 0 Å². The topological polar surface area (TPSA) is 49.9 Å².